The molecule has 4 aromatic rings. The second-order valence-corrected chi connectivity index (χ2v) is 18.1. The first-order chi connectivity index (χ1) is 17.2. The Morgan fingerprint density at radius 2 is 0.395 bits per heavy atom. The molecule has 0 aromatic heterocycles. The number of hydrogen-bond donors (Lipinski definition) is 0. The molecular weight excluding hydrogens is 881 g/mol. The molecule has 4 aromatic carbocycles. The summed E-state index contributed by atoms with van der Waals surface area (Å²) in [7, 11) is 0.418. The van der Waals surface area contributed by atoms with Gasteiger partial charge in [0, 0.05) is 0 Å². The van der Waals surface area contributed by atoms with E-state index in [1.165, 1.54) is 21.2 Å². The quantitative estimate of drug-likeness (QED) is 0.219. The van der Waals surface area contributed by atoms with Crippen molar-refractivity contribution >= 4 is 52.9 Å². The fourth-order valence-corrected chi connectivity index (χ4v) is 5.98. The molecule has 0 N–H and O–H groups in total. The molecule has 4 rings (SSSR count). The van der Waals surface area contributed by atoms with Crippen LogP contribution < -0.4 is 21.2 Å². The van der Waals surface area contributed by atoms with Crippen molar-refractivity contribution in [3.63, 3.8) is 0 Å². The summed E-state index contributed by atoms with van der Waals surface area (Å²) >= 11 is 0. The van der Waals surface area contributed by atoms with Gasteiger partial charge in [0.25, 0.3) is 0 Å². The summed E-state index contributed by atoms with van der Waals surface area (Å²) in [4.78, 5) is 0. The molecule has 0 fully saturated rings. The Morgan fingerprint density at radius 3 is 0.474 bits per heavy atom. The van der Waals surface area contributed by atoms with Crippen molar-refractivity contribution in [1.82, 2.24) is 0 Å². The molecule has 0 saturated carbocycles. The van der Waals surface area contributed by atoms with E-state index in [-0.39, 0.29) is 72.5 Å². The first-order valence-corrected chi connectivity index (χ1v) is 21.1. The van der Waals surface area contributed by atoms with E-state index in [0.29, 0.717) is 0 Å². The zero-order valence-corrected chi connectivity index (χ0v) is 36.4. The Morgan fingerprint density at radius 1 is 0.263 bits per heavy atom. The van der Waals surface area contributed by atoms with E-state index in [1.54, 1.807) is 0 Å². The summed E-state index contributed by atoms with van der Waals surface area (Å²) in [5.41, 5.74) is 0. The van der Waals surface area contributed by atoms with Gasteiger partial charge in [0.05, 0.1) is 0 Å². The van der Waals surface area contributed by atoms with Gasteiger partial charge in [-0.2, -0.15) is 0 Å². The molecule has 0 aliphatic rings. The maximum atomic E-state index is 2.27. The SMILES string of the molecule is CP(C)c1ccccc1.CP(C)c1ccccc1.CP(C)c1ccccc1.CP(C)c1ccccc1.[ReH4].[ReH4]. The van der Waals surface area contributed by atoms with Crippen molar-refractivity contribution in [3.05, 3.63) is 121 Å². The van der Waals surface area contributed by atoms with Crippen LogP contribution in [0.5, 0.6) is 0 Å². The van der Waals surface area contributed by atoms with Gasteiger partial charge >= 0.3 is 40.8 Å². The van der Waals surface area contributed by atoms with E-state index >= 15 is 0 Å². The van der Waals surface area contributed by atoms with E-state index in [1.807, 2.05) is 0 Å². The van der Waals surface area contributed by atoms with Crippen LogP contribution in [0.15, 0.2) is 121 Å². The predicted octanol–water partition coefficient (Wildman–Crippen LogP) is 6.07. The molecule has 38 heavy (non-hydrogen) atoms. The Kier molecular flexibility index (Phi) is 26.0. The number of hydrogen-bond acceptors (Lipinski definition) is 0. The Hall–Kier alpha value is -0.0753. The van der Waals surface area contributed by atoms with Crippen molar-refractivity contribution < 1.29 is 40.8 Å². The fraction of sp³-hybridized carbons (Fsp3) is 0.250. The molecule has 0 atom stereocenters. The molecule has 0 unspecified atom stereocenters. The van der Waals surface area contributed by atoms with Crippen molar-refractivity contribution in [2.75, 3.05) is 53.3 Å². The van der Waals surface area contributed by atoms with Gasteiger partial charge in [-0.15, -0.1) is 0 Å². The molecule has 0 heterocycles. The third-order valence-electron chi connectivity index (χ3n) is 5.09. The molecular formula is C32H52P4Re2. The van der Waals surface area contributed by atoms with Crippen LogP contribution in [0.1, 0.15) is 0 Å². The van der Waals surface area contributed by atoms with E-state index in [9.17, 15) is 0 Å². The van der Waals surface area contributed by atoms with Crippen LogP contribution in [0.2, 0.25) is 0 Å². The van der Waals surface area contributed by atoms with Gasteiger partial charge in [-0.05, 0) is 74.5 Å². The maximum absolute atomic E-state index is 2.27. The van der Waals surface area contributed by atoms with Crippen LogP contribution in [0.3, 0.4) is 0 Å². The standard InChI is InChI=1S/4C8H11P.2Re.8H/c4*1-9(2)8-6-4-3-5-7-8;;;;;;;;;;/h4*3-7H,1-2H3;;;;;;;;;;. The van der Waals surface area contributed by atoms with Gasteiger partial charge in [-0.1, -0.05) is 153 Å². The van der Waals surface area contributed by atoms with Gasteiger partial charge in [0.2, 0.25) is 0 Å². The molecule has 0 saturated heterocycles. The Balaban J connectivity index is 0. The molecule has 6 heteroatoms. The first-order valence-electron chi connectivity index (χ1n) is 12.1. The van der Waals surface area contributed by atoms with Crippen molar-refractivity contribution in [3.8, 4) is 0 Å². The zero-order valence-electron chi connectivity index (χ0n) is 24.5. The Labute approximate surface area is 266 Å². The number of rotatable bonds is 4. The van der Waals surface area contributed by atoms with Gasteiger partial charge < -0.3 is 0 Å². The molecule has 0 spiro atoms. The molecule has 2 radical (unpaired) electrons. The van der Waals surface area contributed by atoms with Crippen LogP contribution in [0.25, 0.3) is 0 Å². The summed E-state index contributed by atoms with van der Waals surface area (Å²) < 4.78 is 0. The third kappa shape index (κ3) is 19.1. The first kappa shape index (κ1) is 40.1. The van der Waals surface area contributed by atoms with Crippen LogP contribution in [0.4, 0.5) is 0 Å². The monoisotopic (exact) mass is 934 g/mol. The molecule has 214 valence electrons. The molecule has 0 bridgehead atoms. The average Bonchev–Trinajstić information content (AvgIpc) is 2.92. The molecule has 0 amide bonds. The van der Waals surface area contributed by atoms with Crippen LogP contribution in [-0.2, 0) is 40.8 Å². The fourth-order valence-electron chi connectivity index (χ4n) is 2.90. The number of benzene rings is 4. The van der Waals surface area contributed by atoms with Crippen molar-refractivity contribution in [2.45, 2.75) is 0 Å². The zero-order chi connectivity index (χ0) is 26.8. The summed E-state index contributed by atoms with van der Waals surface area (Å²) in [5.74, 6) is 0. The third-order valence-corrected chi connectivity index (χ3v) is 10.4. The van der Waals surface area contributed by atoms with Gasteiger partial charge in [-0.25, -0.2) is 0 Å². The molecule has 0 nitrogen and oxygen atoms in total. The topological polar surface area (TPSA) is 0 Å². The van der Waals surface area contributed by atoms with Gasteiger partial charge in [-0.3, -0.25) is 0 Å². The predicted molar refractivity (Wildman–Crippen MR) is 191 cm³/mol. The Bertz CT molecular complexity index is 854. The van der Waals surface area contributed by atoms with E-state index in [2.05, 4.69) is 175 Å². The summed E-state index contributed by atoms with van der Waals surface area (Å²) in [6.45, 7) is 18.1. The normalized spacial score (nSPS) is 9.58. The van der Waals surface area contributed by atoms with Crippen molar-refractivity contribution in [1.29, 1.82) is 0 Å². The van der Waals surface area contributed by atoms with Gasteiger partial charge in [0.15, 0.2) is 0 Å². The van der Waals surface area contributed by atoms with Crippen molar-refractivity contribution in [2.24, 2.45) is 0 Å². The molecule has 0 aliphatic carbocycles. The summed E-state index contributed by atoms with van der Waals surface area (Å²) in [6.07, 6.45) is 0. The second kappa shape index (κ2) is 24.7. The minimum absolute atomic E-state index is 0. The van der Waals surface area contributed by atoms with Gasteiger partial charge in [0.1, 0.15) is 0 Å². The van der Waals surface area contributed by atoms with E-state index in [0.717, 1.165) is 0 Å². The average molecular weight is 933 g/mol. The van der Waals surface area contributed by atoms with E-state index < -0.39 is 0 Å². The van der Waals surface area contributed by atoms with E-state index in [4.69, 9.17) is 0 Å². The van der Waals surface area contributed by atoms with Crippen LogP contribution in [-0.4, -0.2) is 53.3 Å². The summed E-state index contributed by atoms with van der Waals surface area (Å²) in [6, 6.07) is 42.5. The second-order valence-electron chi connectivity index (χ2n) is 8.92. The van der Waals surface area contributed by atoms with Crippen LogP contribution in [0, 0.1) is 0 Å². The minimum atomic E-state index is 0. The summed E-state index contributed by atoms with van der Waals surface area (Å²) in [5, 5.41) is 5.92. The van der Waals surface area contributed by atoms with Crippen LogP contribution >= 0.6 is 31.7 Å². The molecule has 0 aliphatic heterocycles.